The fourth-order valence-corrected chi connectivity index (χ4v) is 5.96. The van der Waals surface area contributed by atoms with E-state index in [4.69, 9.17) is 10.1 Å². The highest BCUT2D eigenvalue weighted by Gasteiger charge is 2.28. The standard InChI is InChI=1S/C34H40FN5O2/c1-6-24-10-8-11-25(7-2)31(24)40-32(29-17-19-39(37-29)20-22(3)4)36-23(5)30(34(40)42)33(41)38-18-16-27(21-38)26-12-9-13-28(35)15-14-26/h8-11,13-15,17,19,22,27,41H,5-7,12,16,18,20-21H2,1-4H3. The molecular formula is C34H40FN5O2. The van der Waals surface area contributed by atoms with Crippen LogP contribution in [0.1, 0.15) is 51.7 Å². The molecule has 1 fully saturated rings. The van der Waals surface area contributed by atoms with E-state index in [1.165, 1.54) is 12.2 Å². The number of hydrogen-bond donors (Lipinski definition) is 1. The van der Waals surface area contributed by atoms with Crippen molar-refractivity contribution in [2.75, 3.05) is 13.1 Å². The average molecular weight is 570 g/mol. The summed E-state index contributed by atoms with van der Waals surface area (Å²) in [6.45, 7) is 14.3. The zero-order valence-corrected chi connectivity index (χ0v) is 25.0. The monoisotopic (exact) mass is 569 g/mol. The second kappa shape index (κ2) is 12.3. The predicted molar refractivity (Wildman–Crippen MR) is 166 cm³/mol. The number of halogens is 1. The molecule has 1 aliphatic heterocycles. The van der Waals surface area contributed by atoms with Crippen molar-refractivity contribution >= 4 is 12.5 Å². The summed E-state index contributed by atoms with van der Waals surface area (Å²) in [6.07, 6.45) is 11.4. The third kappa shape index (κ3) is 5.75. The molecule has 0 amide bonds. The number of benzene rings is 1. The second-order valence-electron chi connectivity index (χ2n) is 11.5. The Hall–Kier alpha value is -4.20. The van der Waals surface area contributed by atoms with E-state index in [0.717, 1.165) is 48.2 Å². The molecule has 1 aromatic carbocycles. The Bertz CT molecular complexity index is 1720. The van der Waals surface area contributed by atoms with Gasteiger partial charge in [0.1, 0.15) is 16.7 Å². The van der Waals surface area contributed by atoms with Gasteiger partial charge in [-0.25, -0.2) is 9.37 Å². The Balaban J connectivity index is 1.69. The van der Waals surface area contributed by atoms with Gasteiger partial charge in [-0.05, 0) is 66.9 Å². The molecule has 2 aliphatic rings. The van der Waals surface area contributed by atoms with Gasteiger partial charge in [-0.15, -0.1) is 0 Å². The number of hydrogen-bond acceptors (Lipinski definition) is 5. The molecule has 0 bridgehead atoms. The normalized spacial score (nSPS) is 17.9. The van der Waals surface area contributed by atoms with Gasteiger partial charge in [0.15, 0.2) is 5.82 Å². The summed E-state index contributed by atoms with van der Waals surface area (Å²) in [6, 6.07) is 7.95. The van der Waals surface area contributed by atoms with Crippen molar-refractivity contribution in [3.8, 4) is 17.2 Å². The van der Waals surface area contributed by atoms with Gasteiger partial charge in [-0.1, -0.05) is 70.2 Å². The second-order valence-corrected chi connectivity index (χ2v) is 11.5. The molecule has 1 aliphatic carbocycles. The Labute approximate surface area is 246 Å². The maximum atomic E-state index is 14.5. The number of aliphatic hydroxyl groups is 1. The lowest BCUT2D eigenvalue weighted by Gasteiger charge is -2.20. The van der Waals surface area contributed by atoms with Crippen LogP contribution in [0.3, 0.4) is 0 Å². The fourth-order valence-electron chi connectivity index (χ4n) is 5.96. The molecule has 42 heavy (non-hydrogen) atoms. The summed E-state index contributed by atoms with van der Waals surface area (Å²) < 4.78 is 17.2. The van der Waals surface area contributed by atoms with Crippen LogP contribution in [0.2, 0.25) is 0 Å². The van der Waals surface area contributed by atoms with Crippen LogP contribution in [-0.2, 0) is 19.4 Å². The van der Waals surface area contributed by atoms with Gasteiger partial charge in [-0.2, -0.15) is 5.10 Å². The van der Waals surface area contributed by atoms with Crippen molar-refractivity contribution < 1.29 is 9.50 Å². The highest BCUT2D eigenvalue weighted by Crippen LogP contribution is 2.30. The van der Waals surface area contributed by atoms with Crippen LogP contribution in [0.15, 0.2) is 71.0 Å². The molecule has 7 nitrogen and oxygen atoms in total. The fraction of sp³-hybridized carbons (Fsp3) is 0.382. The summed E-state index contributed by atoms with van der Waals surface area (Å²) >= 11 is 0. The number of aromatic nitrogens is 4. The minimum atomic E-state index is -0.374. The number of aryl methyl sites for hydroxylation is 2. The minimum absolute atomic E-state index is 0.0923. The van der Waals surface area contributed by atoms with Gasteiger partial charge in [0.25, 0.3) is 5.56 Å². The zero-order chi connectivity index (χ0) is 30.0. The molecule has 1 N–H and O–H groups in total. The van der Waals surface area contributed by atoms with Gasteiger partial charge >= 0.3 is 0 Å². The Morgan fingerprint density at radius 1 is 1.17 bits per heavy atom. The van der Waals surface area contributed by atoms with E-state index in [-0.39, 0.29) is 33.8 Å². The van der Waals surface area contributed by atoms with Crippen LogP contribution in [0.25, 0.3) is 29.7 Å². The minimum Gasteiger partial charge on any atom is -0.494 e. The van der Waals surface area contributed by atoms with E-state index in [2.05, 4.69) is 34.3 Å². The summed E-state index contributed by atoms with van der Waals surface area (Å²) in [4.78, 5) is 21.2. The molecule has 3 heterocycles. The summed E-state index contributed by atoms with van der Waals surface area (Å²) in [5, 5.41) is 16.7. The van der Waals surface area contributed by atoms with Crippen LogP contribution in [0, 0.1) is 11.8 Å². The van der Waals surface area contributed by atoms with Crippen molar-refractivity contribution in [2.24, 2.45) is 11.8 Å². The molecule has 2 aromatic heterocycles. The van der Waals surface area contributed by atoms with E-state index in [1.807, 2.05) is 52.2 Å². The van der Waals surface area contributed by atoms with Crippen molar-refractivity contribution in [3.63, 3.8) is 0 Å². The molecule has 1 saturated heterocycles. The van der Waals surface area contributed by atoms with Crippen LogP contribution in [-0.4, -0.2) is 42.4 Å². The highest BCUT2D eigenvalue weighted by atomic mass is 19.1. The lowest BCUT2D eigenvalue weighted by Crippen LogP contribution is -2.50. The average Bonchev–Trinajstić information content (AvgIpc) is 3.59. The van der Waals surface area contributed by atoms with Gasteiger partial charge in [-0.3, -0.25) is 14.0 Å². The first-order valence-corrected chi connectivity index (χ1v) is 14.9. The number of para-hydroxylation sites is 1. The third-order valence-corrected chi connectivity index (χ3v) is 8.09. The van der Waals surface area contributed by atoms with Gasteiger partial charge in [0.05, 0.1) is 11.0 Å². The Morgan fingerprint density at radius 3 is 2.60 bits per heavy atom. The molecule has 0 radical (unpaired) electrons. The Morgan fingerprint density at radius 2 is 1.90 bits per heavy atom. The van der Waals surface area contributed by atoms with Gasteiger partial charge in [0, 0.05) is 25.8 Å². The van der Waals surface area contributed by atoms with Crippen LogP contribution in [0.4, 0.5) is 4.39 Å². The molecule has 0 spiro atoms. The molecule has 220 valence electrons. The van der Waals surface area contributed by atoms with Crippen molar-refractivity contribution in [1.82, 2.24) is 24.2 Å². The molecule has 0 saturated carbocycles. The highest BCUT2D eigenvalue weighted by molar-refractivity contribution is 5.58. The topological polar surface area (TPSA) is 76.2 Å². The summed E-state index contributed by atoms with van der Waals surface area (Å²) in [5.41, 5.74) is 4.12. The lowest BCUT2D eigenvalue weighted by molar-refractivity contribution is 0.319. The number of likely N-dealkylation sites (tertiary alicyclic amines) is 1. The lowest BCUT2D eigenvalue weighted by atomic mass is 9.95. The molecule has 5 rings (SSSR count). The first-order valence-electron chi connectivity index (χ1n) is 14.9. The van der Waals surface area contributed by atoms with E-state index >= 15 is 0 Å². The number of rotatable bonds is 8. The maximum absolute atomic E-state index is 14.5. The summed E-state index contributed by atoms with van der Waals surface area (Å²) in [7, 11) is 0. The van der Waals surface area contributed by atoms with Crippen molar-refractivity contribution in [1.29, 1.82) is 0 Å². The first-order chi connectivity index (χ1) is 20.2. The zero-order valence-electron chi connectivity index (χ0n) is 25.0. The number of nitrogens with zero attached hydrogens (tertiary/aromatic N) is 5. The quantitative estimate of drug-likeness (QED) is 0.415. The molecule has 1 unspecified atom stereocenters. The van der Waals surface area contributed by atoms with Gasteiger partial charge < -0.3 is 10.0 Å². The smallest absolute Gasteiger partial charge is 0.271 e. The van der Waals surface area contributed by atoms with E-state index < -0.39 is 0 Å². The largest absolute Gasteiger partial charge is 0.494 e. The van der Waals surface area contributed by atoms with Crippen LogP contribution in [0.5, 0.6) is 0 Å². The van der Waals surface area contributed by atoms with E-state index in [9.17, 15) is 14.3 Å². The summed E-state index contributed by atoms with van der Waals surface area (Å²) in [5.74, 6) is 0.559. The molecule has 3 aromatic rings. The van der Waals surface area contributed by atoms with E-state index in [1.54, 1.807) is 4.57 Å². The third-order valence-electron chi connectivity index (χ3n) is 8.09. The van der Waals surface area contributed by atoms with E-state index in [0.29, 0.717) is 36.9 Å². The van der Waals surface area contributed by atoms with Gasteiger partial charge in [0.2, 0.25) is 5.88 Å². The molecule has 1 atom stereocenters. The SMILES string of the molecule is C=c1nc(-c2ccn(CC(C)C)n2)n(-c2c(CC)cccc2CC)c(=O)c1=C(O)N1CCC(C2=CC=C(F)C=CC2)C1. The number of aliphatic hydroxyl groups excluding tert-OH is 1. The van der Waals surface area contributed by atoms with Crippen LogP contribution >= 0.6 is 0 Å². The predicted octanol–water partition coefficient (Wildman–Crippen LogP) is 4.97. The van der Waals surface area contributed by atoms with Crippen molar-refractivity contribution in [2.45, 2.75) is 59.9 Å². The van der Waals surface area contributed by atoms with Crippen molar-refractivity contribution in [3.05, 3.63) is 98.2 Å². The first kappa shape index (κ1) is 29.3. The van der Waals surface area contributed by atoms with Crippen LogP contribution < -0.4 is 16.1 Å². The molecular weight excluding hydrogens is 529 g/mol. The Kier molecular flexibility index (Phi) is 8.61. The maximum Gasteiger partial charge on any atom is 0.271 e. The molecule has 8 heteroatoms. The number of allylic oxidation sites excluding steroid dienone is 5.